The first kappa shape index (κ1) is 11.9. The molecule has 0 spiro atoms. The zero-order chi connectivity index (χ0) is 11.5. The molecule has 1 saturated carbocycles. The third-order valence-electron chi connectivity index (χ3n) is 3.12. The van der Waals surface area contributed by atoms with E-state index in [4.69, 9.17) is 4.74 Å². The number of hydrogen-bond acceptors (Lipinski definition) is 2. The average Bonchev–Trinajstić information content (AvgIpc) is 3.06. The lowest BCUT2D eigenvalue weighted by Gasteiger charge is -2.18. The Kier molecular flexibility index (Phi) is 3.87. The minimum atomic E-state index is 0.560. The van der Waals surface area contributed by atoms with Crippen LogP contribution in [0.3, 0.4) is 0 Å². The van der Waals surface area contributed by atoms with Crippen molar-refractivity contribution in [1.29, 1.82) is 0 Å². The van der Waals surface area contributed by atoms with Crippen LogP contribution in [0.2, 0.25) is 0 Å². The number of rotatable bonds is 5. The quantitative estimate of drug-likeness (QED) is 0.887. The Morgan fingerprint density at radius 3 is 2.88 bits per heavy atom. The Bertz CT molecular complexity index is 363. The summed E-state index contributed by atoms with van der Waals surface area (Å²) in [6.07, 6.45) is 2.73. The van der Waals surface area contributed by atoms with E-state index in [1.165, 1.54) is 24.1 Å². The zero-order valence-corrected chi connectivity index (χ0v) is 11.4. The molecule has 1 atom stereocenters. The van der Waals surface area contributed by atoms with Crippen molar-refractivity contribution < 1.29 is 4.74 Å². The standard InChI is InChI=1S/C13H18BrNO/c1-9(10-6-7-10)15-13-5-3-4-12(14)11(13)8-16-2/h3-5,9-10,15H,6-8H2,1-2H3. The highest BCUT2D eigenvalue weighted by atomic mass is 79.9. The summed E-state index contributed by atoms with van der Waals surface area (Å²) in [7, 11) is 1.73. The molecule has 0 saturated heterocycles. The molecule has 1 aromatic rings. The van der Waals surface area contributed by atoms with Gasteiger partial charge in [-0.25, -0.2) is 0 Å². The second-order valence-electron chi connectivity index (χ2n) is 4.47. The molecule has 0 amide bonds. The van der Waals surface area contributed by atoms with Gasteiger partial charge in [0, 0.05) is 28.9 Å². The molecule has 1 unspecified atom stereocenters. The van der Waals surface area contributed by atoms with Gasteiger partial charge in [-0.3, -0.25) is 0 Å². The smallest absolute Gasteiger partial charge is 0.0744 e. The van der Waals surface area contributed by atoms with Crippen LogP contribution >= 0.6 is 15.9 Å². The maximum absolute atomic E-state index is 5.24. The van der Waals surface area contributed by atoms with Gasteiger partial charge >= 0.3 is 0 Å². The van der Waals surface area contributed by atoms with E-state index in [0.717, 1.165) is 10.4 Å². The minimum absolute atomic E-state index is 0.560. The predicted octanol–water partition coefficient (Wildman–Crippen LogP) is 3.81. The first-order valence-electron chi connectivity index (χ1n) is 5.75. The molecule has 0 radical (unpaired) electrons. The molecule has 2 rings (SSSR count). The Balaban J connectivity index is 2.14. The van der Waals surface area contributed by atoms with Gasteiger partial charge < -0.3 is 10.1 Å². The summed E-state index contributed by atoms with van der Waals surface area (Å²) in [4.78, 5) is 0. The van der Waals surface area contributed by atoms with Crippen LogP contribution in [0, 0.1) is 5.92 Å². The van der Waals surface area contributed by atoms with E-state index in [-0.39, 0.29) is 0 Å². The van der Waals surface area contributed by atoms with Gasteiger partial charge in [-0.05, 0) is 37.8 Å². The molecule has 0 aliphatic heterocycles. The predicted molar refractivity (Wildman–Crippen MR) is 70.7 cm³/mol. The van der Waals surface area contributed by atoms with Crippen molar-refractivity contribution in [1.82, 2.24) is 0 Å². The van der Waals surface area contributed by atoms with E-state index in [1.54, 1.807) is 7.11 Å². The van der Waals surface area contributed by atoms with E-state index in [1.807, 2.05) is 0 Å². The highest BCUT2D eigenvalue weighted by molar-refractivity contribution is 9.10. The Hall–Kier alpha value is -0.540. The summed E-state index contributed by atoms with van der Waals surface area (Å²) in [5, 5.41) is 3.59. The Morgan fingerprint density at radius 1 is 1.50 bits per heavy atom. The van der Waals surface area contributed by atoms with Gasteiger partial charge in [-0.2, -0.15) is 0 Å². The molecular weight excluding hydrogens is 266 g/mol. The van der Waals surface area contributed by atoms with Crippen LogP contribution in [0.1, 0.15) is 25.3 Å². The summed E-state index contributed by atoms with van der Waals surface area (Å²) < 4.78 is 6.35. The first-order valence-corrected chi connectivity index (χ1v) is 6.54. The highest BCUT2D eigenvalue weighted by Gasteiger charge is 2.28. The van der Waals surface area contributed by atoms with Crippen molar-refractivity contribution in [2.45, 2.75) is 32.4 Å². The highest BCUT2D eigenvalue weighted by Crippen LogP contribution is 2.35. The van der Waals surface area contributed by atoms with Crippen molar-refractivity contribution in [3.63, 3.8) is 0 Å². The Labute approximate surface area is 106 Å². The van der Waals surface area contributed by atoms with Crippen LogP contribution in [0.15, 0.2) is 22.7 Å². The fourth-order valence-corrected chi connectivity index (χ4v) is 2.42. The maximum Gasteiger partial charge on any atom is 0.0744 e. The molecule has 1 aliphatic rings. The van der Waals surface area contributed by atoms with Crippen LogP contribution in [-0.4, -0.2) is 13.2 Å². The number of halogens is 1. The van der Waals surface area contributed by atoms with Gasteiger partial charge in [-0.1, -0.05) is 22.0 Å². The van der Waals surface area contributed by atoms with Crippen molar-refractivity contribution in [2.75, 3.05) is 12.4 Å². The SMILES string of the molecule is COCc1c(Br)cccc1NC(C)C1CC1. The van der Waals surface area contributed by atoms with E-state index in [9.17, 15) is 0 Å². The molecular formula is C13H18BrNO. The molecule has 0 aromatic heterocycles. The summed E-state index contributed by atoms with van der Waals surface area (Å²) in [6.45, 7) is 2.90. The lowest BCUT2D eigenvalue weighted by Crippen LogP contribution is -2.18. The van der Waals surface area contributed by atoms with Crippen LogP contribution in [0.4, 0.5) is 5.69 Å². The summed E-state index contributed by atoms with van der Waals surface area (Å²) >= 11 is 3.57. The lowest BCUT2D eigenvalue weighted by molar-refractivity contribution is 0.185. The van der Waals surface area contributed by atoms with E-state index < -0.39 is 0 Å². The summed E-state index contributed by atoms with van der Waals surface area (Å²) in [6, 6.07) is 6.80. The van der Waals surface area contributed by atoms with Crippen molar-refractivity contribution in [3.8, 4) is 0 Å². The van der Waals surface area contributed by atoms with Crippen LogP contribution < -0.4 is 5.32 Å². The lowest BCUT2D eigenvalue weighted by atomic mass is 10.1. The number of benzene rings is 1. The first-order chi connectivity index (χ1) is 7.72. The fourth-order valence-electron chi connectivity index (χ4n) is 1.94. The van der Waals surface area contributed by atoms with E-state index in [2.05, 4.69) is 46.4 Å². The molecule has 88 valence electrons. The molecule has 1 aliphatic carbocycles. The van der Waals surface area contributed by atoms with Gasteiger partial charge in [0.25, 0.3) is 0 Å². The average molecular weight is 284 g/mol. The number of ether oxygens (including phenoxy) is 1. The van der Waals surface area contributed by atoms with Gasteiger partial charge in [0.2, 0.25) is 0 Å². The van der Waals surface area contributed by atoms with Crippen LogP contribution in [-0.2, 0) is 11.3 Å². The number of hydrogen-bond donors (Lipinski definition) is 1. The number of methoxy groups -OCH3 is 1. The fraction of sp³-hybridized carbons (Fsp3) is 0.538. The number of anilines is 1. The van der Waals surface area contributed by atoms with Crippen LogP contribution in [0.5, 0.6) is 0 Å². The second kappa shape index (κ2) is 5.19. The molecule has 0 heterocycles. The third kappa shape index (κ3) is 2.77. The van der Waals surface area contributed by atoms with Crippen molar-refractivity contribution in [2.24, 2.45) is 5.92 Å². The monoisotopic (exact) mass is 283 g/mol. The van der Waals surface area contributed by atoms with Crippen LogP contribution in [0.25, 0.3) is 0 Å². The van der Waals surface area contributed by atoms with E-state index >= 15 is 0 Å². The van der Waals surface area contributed by atoms with Gasteiger partial charge in [0.15, 0.2) is 0 Å². The minimum Gasteiger partial charge on any atom is -0.382 e. The van der Waals surface area contributed by atoms with Crippen molar-refractivity contribution >= 4 is 21.6 Å². The molecule has 1 fully saturated rings. The third-order valence-corrected chi connectivity index (χ3v) is 3.86. The summed E-state index contributed by atoms with van der Waals surface area (Å²) in [5.74, 6) is 0.856. The molecule has 0 bridgehead atoms. The summed E-state index contributed by atoms with van der Waals surface area (Å²) in [5.41, 5.74) is 2.40. The zero-order valence-electron chi connectivity index (χ0n) is 9.79. The second-order valence-corrected chi connectivity index (χ2v) is 5.32. The largest absolute Gasteiger partial charge is 0.382 e. The molecule has 1 aromatic carbocycles. The Morgan fingerprint density at radius 2 is 2.25 bits per heavy atom. The van der Waals surface area contributed by atoms with E-state index in [0.29, 0.717) is 12.6 Å². The molecule has 3 heteroatoms. The molecule has 1 N–H and O–H groups in total. The maximum atomic E-state index is 5.24. The normalized spacial score (nSPS) is 17.2. The topological polar surface area (TPSA) is 21.3 Å². The number of nitrogens with one attached hydrogen (secondary N) is 1. The molecule has 2 nitrogen and oxygen atoms in total. The van der Waals surface area contributed by atoms with Gasteiger partial charge in [-0.15, -0.1) is 0 Å². The van der Waals surface area contributed by atoms with Gasteiger partial charge in [0.1, 0.15) is 0 Å². The van der Waals surface area contributed by atoms with Crippen molar-refractivity contribution in [3.05, 3.63) is 28.2 Å². The van der Waals surface area contributed by atoms with Gasteiger partial charge in [0.05, 0.1) is 6.61 Å². The molecule has 16 heavy (non-hydrogen) atoms.